The first kappa shape index (κ1) is 14.5. The number of nitrogen functional groups attached to an aromatic ring is 1. The van der Waals surface area contributed by atoms with Crippen molar-refractivity contribution < 1.29 is 4.74 Å². The van der Waals surface area contributed by atoms with Crippen LogP contribution in [-0.2, 0) is 0 Å². The first-order chi connectivity index (χ1) is 10.1. The molecule has 0 spiro atoms. The summed E-state index contributed by atoms with van der Waals surface area (Å²) >= 11 is 0. The summed E-state index contributed by atoms with van der Waals surface area (Å²) in [7, 11) is 0. The highest BCUT2D eigenvalue weighted by molar-refractivity contribution is 5.60. The molecular formula is C17H27N3O. The predicted molar refractivity (Wildman–Crippen MR) is 88.0 cm³/mol. The molecule has 2 aliphatic heterocycles. The molecule has 2 aliphatic rings. The molecule has 2 saturated heterocycles. The summed E-state index contributed by atoms with van der Waals surface area (Å²) in [5.74, 6) is 0.882. The lowest BCUT2D eigenvalue weighted by atomic mass is 10.2. The minimum Gasteiger partial charge on any atom is -0.491 e. The predicted octanol–water partition coefficient (Wildman–Crippen LogP) is 2.73. The van der Waals surface area contributed by atoms with Gasteiger partial charge in [-0.25, -0.2) is 0 Å². The van der Waals surface area contributed by atoms with Crippen molar-refractivity contribution >= 4 is 11.4 Å². The van der Waals surface area contributed by atoms with Gasteiger partial charge in [0.2, 0.25) is 0 Å². The molecule has 0 amide bonds. The van der Waals surface area contributed by atoms with Gasteiger partial charge >= 0.3 is 0 Å². The van der Waals surface area contributed by atoms with Crippen molar-refractivity contribution in [3.05, 3.63) is 18.2 Å². The Morgan fingerprint density at radius 1 is 1.14 bits per heavy atom. The number of nitrogens with zero attached hydrogens (tertiary/aromatic N) is 2. The minimum atomic E-state index is 0.175. The number of nitrogens with two attached hydrogens (primary N) is 1. The maximum absolute atomic E-state index is 6.07. The van der Waals surface area contributed by atoms with Crippen LogP contribution in [0.4, 0.5) is 11.4 Å². The quantitative estimate of drug-likeness (QED) is 0.869. The summed E-state index contributed by atoms with van der Waals surface area (Å²) < 4.78 is 5.83. The van der Waals surface area contributed by atoms with Gasteiger partial charge in [0, 0.05) is 49.2 Å². The van der Waals surface area contributed by atoms with Gasteiger partial charge in [0.15, 0.2) is 0 Å². The first-order valence-corrected chi connectivity index (χ1v) is 8.18. The van der Waals surface area contributed by atoms with Gasteiger partial charge in [0.1, 0.15) is 5.75 Å². The van der Waals surface area contributed by atoms with Crippen molar-refractivity contribution in [2.45, 2.75) is 45.3 Å². The van der Waals surface area contributed by atoms with E-state index in [2.05, 4.69) is 21.9 Å². The lowest BCUT2D eigenvalue weighted by Crippen LogP contribution is -2.36. The summed E-state index contributed by atoms with van der Waals surface area (Å²) in [5, 5.41) is 0. The fourth-order valence-electron chi connectivity index (χ4n) is 3.57. The van der Waals surface area contributed by atoms with Crippen LogP contribution in [0, 0.1) is 0 Å². The second kappa shape index (κ2) is 6.14. The van der Waals surface area contributed by atoms with Crippen molar-refractivity contribution in [1.82, 2.24) is 4.90 Å². The molecule has 3 rings (SSSR count). The van der Waals surface area contributed by atoms with E-state index >= 15 is 0 Å². The number of hydrogen-bond acceptors (Lipinski definition) is 4. The van der Waals surface area contributed by atoms with Crippen molar-refractivity contribution in [3.63, 3.8) is 0 Å². The van der Waals surface area contributed by atoms with Crippen LogP contribution in [0.15, 0.2) is 18.2 Å². The van der Waals surface area contributed by atoms with Crippen LogP contribution in [0.1, 0.15) is 33.1 Å². The summed E-state index contributed by atoms with van der Waals surface area (Å²) in [6, 6.07) is 6.85. The van der Waals surface area contributed by atoms with Crippen molar-refractivity contribution in [2.75, 3.05) is 36.8 Å². The lowest BCUT2D eigenvalue weighted by molar-refractivity contribution is 0.242. The third kappa shape index (κ3) is 3.43. The van der Waals surface area contributed by atoms with Gasteiger partial charge in [-0.05, 0) is 45.7 Å². The van der Waals surface area contributed by atoms with Crippen LogP contribution < -0.4 is 15.4 Å². The molecule has 1 unspecified atom stereocenters. The van der Waals surface area contributed by atoms with Crippen LogP contribution in [0.3, 0.4) is 0 Å². The van der Waals surface area contributed by atoms with Crippen molar-refractivity contribution in [3.8, 4) is 5.75 Å². The summed E-state index contributed by atoms with van der Waals surface area (Å²) in [4.78, 5) is 5.14. The monoisotopic (exact) mass is 289 g/mol. The molecule has 4 heteroatoms. The molecule has 2 fully saturated rings. The summed E-state index contributed by atoms with van der Waals surface area (Å²) in [5.41, 5.74) is 8.07. The number of hydrogen-bond donors (Lipinski definition) is 1. The molecule has 2 heterocycles. The topological polar surface area (TPSA) is 41.7 Å². The number of ether oxygens (including phenoxy) is 1. The fraction of sp³-hybridized carbons (Fsp3) is 0.647. The maximum atomic E-state index is 6.07. The Morgan fingerprint density at radius 3 is 2.76 bits per heavy atom. The van der Waals surface area contributed by atoms with E-state index < -0.39 is 0 Å². The fourth-order valence-corrected chi connectivity index (χ4v) is 3.57. The molecule has 0 aromatic heterocycles. The average molecular weight is 289 g/mol. The van der Waals surface area contributed by atoms with Gasteiger partial charge in [-0.15, -0.1) is 0 Å². The number of rotatable bonds is 3. The van der Waals surface area contributed by atoms with Crippen molar-refractivity contribution in [1.29, 1.82) is 0 Å². The molecule has 0 aliphatic carbocycles. The molecule has 1 atom stereocenters. The molecule has 1 aromatic rings. The van der Waals surface area contributed by atoms with Gasteiger partial charge in [0.25, 0.3) is 0 Å². The molecule has 1 aromatic carbocycles. The highest BCUT2D eigenvalue weighted by atomic mass is 16.5. The Hall–Kier alpha value is -1.42. The zero-order valence-corrected chi connectivity index (χ0v) is 13.2. The van der Waals surface area contributed by atoms with Crippen LogP contribution >= 0.6 is 0 Å². The van der Waals surface area contributed by atoms with Gasteiger partial charge < -0.3 is 15.4 Å². The van der Waals surface area contributed by atoms with Crippen LogP contribution in [0.25, 0.3) is 0 Å². The van der Waals surface area contributed by atoms with Gasteiger partial charge in [-0.3, -0.25) is 4.90 Å². The molecule has 116 valence electrons. The zero-order valence-electron chi connectivity index (χ0n) is 13.2. The minimum absolute atomic E-state index is 0.175. The third-order valence-electron chi connectivity index (χ3n) is 4.45. The van der Waals surface area contributed by atoms with E-state index in [1.165, 1.54) is 38.0 Å². The van der Waals surface area contributed by atoms with Crippen LogP contribution in [0.5, 0.6) is 5.75 Å². The van der Waals surface area contributed by atoms with E-state index in [-0.39, 0.29) is 6.10 Å². The standard InChI is InChI=1S/C17H27N3O/c1-13(2)21-17-10-14(18)9-16(11-17)20-8-4-7-19-6-3-5-15(19)12-20/h9-11,13,15H,3-8,12,18H2,1-2H3. The van der Waals surface area contributed by atoms with Crippen molar-refractivity contribution in [2.24, 2.45) is 0 Å². The highest BCUT2D eigenvalue weighted by Crippen LogP contribution is 2.29. The molecule has 0 saturated carbocycles. The van der Waals surface area contributed by atoms with Gasteiger partial charge in [-0.1, -0.05) is 0 Å². The van der Waals surface area contributed by atoms with E-state index in [0.717, 1.165) is 24.5 Å². The Kier molecular flexibility index (Phi) is 4.24. The molecule has 21 heavy (non-hydrogen) atoms. The number of anilines is 2. The summed E-state index contributed by atoms with van der Waals surface area (Å²) in [6.07, 6.45) is 4.07. The SMILES string of the molecule is CC(C)Oc1cc(N)cc(N2CCCN3CCCC3C2)c1. The van der Waals surface area contributed by atoms with E-state index in [1.807, 2.05) is 19.9 Å². The Labute approximate surface area is 127 Å². The number of fused-ring (bicyclic) bond motifs is 1. The van der Waals surface area contributed by atoms with Gasteiger partial charge in [-0.2, -0.15) is 0 Å². The second-order valence-corrected chi connectivity index (χ2v) is 6.56. The van der Waals surface area contributed by atoms with E-state index in [0.29, 0.717) is 6.04 Å². The highest BCUT2D eigenvalue weighted by Gasteiger charge is 2.28. The van der Waals surface area contributed by atoms with Crippen LogP contribution in [-0.4, -0.2) is 43.2 Å². The zero-order chi connectivity index (χ0) is 14.8. The molecule has 2 N–H and O–H groups in total. The normalized spacial score (nSPS) is 23.2. The van der Waals surface area contributed by atoms with Crippen LogP contribution in [0.2, 0.25) is 0 Å². The van der Waals surface area contributed by atoms with E-state index in [9.17, 15) is 0 Å². The Morgan fingerprint density at radius 2 is 1.95 bits per heavy atom. The maximum Gasteiger partial charge on any atom is 0.123 e. The molecule has 0 bridgehead atoms. The molecule has 4 nitrogen and oxygen atoms in total. The largest absolute Gasteiger partial charge is 0.491 e. The number of benzene rings is 1. The smallest absolute Gasteiger partial charge is 0.123 e. The van der Waals surface area contributed by atoms with E-state index in [1.54, 1.807) is 0 Å². The first-order valence-electron chi connectivity index (χ1n) is 8.18. The average Bonchev–Trinajstić information content (AvgIpc) is 2.74. The molecular weight excluding hydrogens is 262 g/mol. The Balaban J connectivity index is 1.80. The van der Waals surface area contributed by atoms with Gasteiger partial charge in [0.05, 0.1) is 6.10 Å². The Bertz CT molecular complexity index is 489. The summed E-state index contributed by atoms with van der Waals surface area (Å²) in [6.45, 7) is 8.83. The molecule has 0 radical (unpaired) electrons. The lowest BCUT2D eigenvalue weighted by Gasteiger charge is -2.28. The second-order valence-electron chi connectivity index (χ2n) is 6.56. The third-order valence-corrected chi connectivity index (χ3v) is 4.45. The van der Waals surface area contributed by atoms with E-state index in [4.69, 9.17) is 10.5 Å².